The predicted octanol–water partition coefficient (Wildman–Crippen LogP) is 3.88. The van der Waals surface area contributed by atoms with Crippen LogP contribution in [0, 0.1) is 0 Å². The van der Waals surface area contributed by atoms with Gasteiger partial charge in [-0.3, -0.25) is 0 Å². The molecule has 0 saturated carbocycles. The summed E-state index contributed by atoms with van der Waals surface area (Å²) in [6.07, 6.45) is 0. The van der Waals surface area contributed by atoms with E-state index in [1.54, 1.807) is 0 Å². The summed E-state index contributed by atoms with van der Waals surface area (Å²) in [4.78, 5) is 2.29. The Morgan fingerprint density at radius 1 is 1.00 bits per heavy atom. The van der Waals surface area contributed by atoms with E-state index in [-0.39, 0.29) is 0 Å². The van der Waals surface area contributed by atoms with Crippen LogP contribution in [0.4, 0.5) is 5.69 Å². The van der Waals surface area contributed by atoms with Crippen molar-refractivity contribution < 1.29 is 0 Å². The highest BCUT2D eigenvalue weighted by Crippen LogP contribution is 2.11. The topological polar surface area (TPSA) is 15.3 Å². The van der Waals surface area contributed by atoms with Crippen molar-refractivity contribution in [2.45, 2.75) is 6.54 Å². The fourth-order valence-electron chi connectivity index (χ4n) is 1.93. The van der Waals surface area contributed by atoms with Crippen molar-refractivity contribution in [2.75, 3.05) is 25.5 Å². The lowest BCUT2D eigenvalue weighted by Gasteiger charge is -2.17. The number of para-hydroxylation sites is 1. The largest absolute Gasteiger partial charge is 0.384 e. The van der Waals surface area contributed by atoms with E-state index in [1.165, 1.54) is 11.3 Å². The van der Waals surface area contributed by atoms with Crippen LogP contribution in [0.25, 0.3) is 0 Å². The van der Waals surface area contributed by atoms with Gasteiger partial charge in [-0.25, -0.2) is 0 Å². The van der Waals surface area contributed by atoms with E-state index in [1.807, 2.05) is 30.3 Å². The number of halogens is 1. The van der Waals surface area contributed by atoms with Crippen LogP contribution < -0.4 is 5.32 Å². The van der Waals surface area contributed by atoms with Gasteiger partial charge in [-0.05, 0) is 36.9 Å². The van der Waals surface area contributed by atoms with E-state index < -0.39 is 0 Å². The van der Waals surface area contributed by atoms with E-state index in [9.17, 15) is 0 Å². The molecule has 2 aromatic carbocycles. The van der Waals surface area contributed by atoms with Gasteiger partial charge in [0.2, 0.25) is 0 Å². The van der Waals surface area contributed by atoms with Crippen molar-refractivity contribution >= 4 is 17.3 Å². The first-order valence-corrected chi connectivity index (χ1v) is 6.84. The molecule has 0 atom stereocenters. The molecule has 2 rings (SSSR count). The number of benzene rings is 2. The number of anilines is 1. The van der Waals surface area contributed by atoms with Crippen LogP contribution in [0.15, 0.2) is 54.6 Å². The lowest BCUT2D eigenvalue weighted by Crippen LogP contribution is -2.24. The van der Waals surface area contributed by atoms with Gasteiger partial charge in [-0.2, -0.15) is 0 Å². The summed E-state index contributed by atoms with van der Waals surface area (Å²) in [5.74, 6) is 0. The van der Waals surface area contributed by atoms with Crippen LogP contribution in [0.1, 0.15) is 5.56 Å². The highest BCUT2D eigenvalue weighted by molar-refractivity contribution is 6.30. The molecule has 0 aliphatic carbocycles. The molecule has 0 aliphatic heterocycles. The summed E-state index contributed by atoms with van der Waals surface area (Å²) in [6.45, 7) is 2.87. The molecule has 19 heavy (non-hydrogen) atoms. The van der Waals surface area contributed by atoms with Gasteiger partial charge in [0, 0.05) is 30.3 Å². The fourth-order valence-corrected chi connectivity index (χ4v) is 2.05. The molecule has 0 saturated heterocycles. The normalized spacial score (nSPS) is 10.7. The minimum absolute atomic E-state index is 0.789. The zero-order valence-corrected chi connectivity index (χ0v) is 11.9. The summed E-state index contributed by atoms with van der Waals surface area (Å²) in [5, 5.41) is 4.20. The van der Waals surface area contributed by atoms with Crippen LogP contribution in [0.2, 0.25) is 5.02 Å². The Morgan fingerprint density at radius 2 is 1.68 bits per heavy atom. The molecule has 2 aromatic rings. The second-order valence-electron chi connectivity index (χ2n) is 4.66. The van der Waals surface area contributed by atoms with Crippen LogP contribution in [0.5, 0.6) is 0 Å². The second-order valence-corrected chi connectivity index (χ2v) is 5.09. The number of nitrogens with zero attached hydrogens (tertiary/aromatic N) is 1. The molecule has 0 aliphatic rings. The van der Waals surface area contributed by atoms with Crippen molar-refractivity contribution in [3.05, 3.63) is 65.2 Å². The molecule has 0 bridgehead atoms. The van der Waals surface area contributed by atoms with Crippen molar-refractivity contribution in [1.29, 1.82) is 0 Å². The molecule has 0 heterocycles. The number of nitrogens with one attached hydrogen (secondary N) is 1. The first-order valence-electron chi connectivity index (χ1n) is 6.46. The predicted molar refractivity (Wildman–Crippen MR) is 82.7 cm³/mol. The third-order valence-corrected chi connectivity index (χ3v) is 3.21. The van der Waals surface area contributed by atoms with Gasteiger partial charge in [-0.15, -0.1) is 0 Å². The molecule has 100 valence electrons. The van der Waals surface area contributed by atoms with E-state index >= 15 is 0 Å². The number of hydrogen-bond acceptors (Lipinski definition) is 2. The lowest BCUT2D eigenvalue weighted by molar-refractivity contribution is 0.340. The Morgan fingerprint density at radius 3 is 2.37 bits per heavy atom. The van der Waals surface area contributed by atoms with E-state index in [2.05, 4.69) is 41.5 Å². The minimum atomic E-state index is 0.789. The van der Waals surface area contributed by atoms with Gasteiger partial charge in [0.25, 0.3) is 0 Å². The first kappa shape index (κ1) is 13.9. The van der Waals surface area contributed by atoms with Crippen LogP contribution in [-0.4, -0.2) is 25.0 Å². The molecule has 0 aromatic heterocycles. The highest BCUT2D eigenvalue weighted by atomic mass is 35.5. The Hall–Kier alpha value is -1.51. The monoisotopic (exact) mass is 274 g/mol. The van der Waals surface area contributed by atoms with Crippen LogP contribution >= 0.6 is 11.6 Å². The average molecular weight is 275 g/mol. The van der Waals surface area contributed by atoms with E-state index in [0.29, 0.717) is 0 Å². The van der Waals surface area contributed by atoms with Gasteiger partial charge < -0.3 is 10.2 Å². The Balaban J connectivity index is 1.73. The van der Waals surface area contributed by atoms with Crippen molar-refractivity contribution in [1.82, 2.24) is 4.90 Å². The summed E-state index contributed by atoms with van der Waals surface area (Å²) < 4.78 is 0. The quantitative estimate of drug-likeness (QED) is 0.860. The standard InChI is InChI=1S/C16H19ClN2/c1-19(13-14-7-9-15(17)10-8-14)12-11-18-16-5-3-2-4-6-16/h2-10,18H,11-13H2,1H3. The zero-order chi connectivity index (χ0) is 13.5. The molecule has 3 heteroatoms. The lowest BCUT2D eigenvalue weighted by atomic mass is 10.2. The molecule has 2 nitrogen and oxygen atoms in total. The molecule has 0 radical (unpaired) electrons. The third-order valence-electron chi connectivity index (χ3n) is 2.96. The molecule has 1 N–H and O–H groups in total. The second kappa shape index (κ2) is 7.17. The smallest absolute Gasteiger partial charge is 0.0406 e. The fraction of sp³-hybridized carbons (Fsp3) is 0.250. The first-order chi connectivity index (χ1) is 9.24. The van der Waals surface area contributed by atoms with Gasteiger partial charge >= 0.3 is 0 Å². The Bertz CT molecular complexity index is 482. The molecular weight excluding hydrogens is 256 g/mol. The Labute approximate surface area is 120 Å². The molecule has 0 fully saturated rings. The maximum Gasteiger partial charge on any atom is 0.0406 e. The van der Waals surface area contributed by atoms with Gasteiger partial charge in [0.05, 0.1) is 0 Å². The van der Waals surface area contributed by atoms with Crippen molar-refractivity contribution in [3.8, 4) is 0 Å². The van der Waals surface area contributed by atoms with Gasteiger partial charge in [0.1, 0.15) is 0 Å². The summed E-state index contributed by atoms with van der Waals surface area (Å²) >= 11 is 5.88. The van der Waals surface area contributed by atoms with Crippen LogP contribution in [0.3, 0.4) is 0 Å². The average Bonchev–Trinajstić information content (AvgIpc) is 2.43. The number of likely N-dealkylation sites (N-methyl/N-ethyl adjacent to an activating group) is 1. The third kappa shape index (κ3) is 4.93. The molecule has 0 spiro atoms. The summed E-state index contributed by atoms with van der Waals surface area (Å²) in [5.41, 5.74) is 2.45. The SMILES string of the molecule is CN(CCNc1ccccc1)Cc1ccc(Cl)cc1. The number of hydrogen-bond donors (Lipinski definition) is 1. The van der Waals surface area contributed by atoms with Crippen molar-refractivity contribution in [3.63, 3.8) is 0 Å². The summed E-state index contributed by atoms with van der Waals surface area (Å²) in [7, 11) is 2.13. The number of rotatable bonds is 6. The zero-order valence-electron chi connectivity index (χ0n) is 11.1. The van der Waals surface area contributed by atoms with Crippen molar-refractivity contribution in [2.24, 2.45) is 0 Å². The molecule has 0 unspecified atom stereocenters. The van der Waals surface area contributed by atoms with E-state index in [0.717, 1.165) is 24.7 Å². The highest BCUT2D eigenvalue weighted by Gasteiger charge is 2.00. The van der Waals surface area contributed by atoms with Gasteiger partial charge in [-0.1, -0.05) is 41.9 Å². The molecular formula is C16H19ClN2. The van der Waals surface area contributed by atoms with Gasteiger partial charge in [0.15, 0.2) is 0 Å². The Kier molecular flexibility index (Phi) is 5.25. The minimum Gasteiger partial charge on any atom is -0.384 e. The van der Waals surface area contributed by atoms with E-state index in [4.69, 9.17) is 11.6 Å². The van der Waals surface area contributed by atoms with Crippen LogP contribution in [-0.2, 0) is 6.54 Å². The maximum atomic E-state index is 5.88. The summed E-state index contributed by atoms with van der Waals surface area (Å²) in [6, 6.07) is 18.3. The maximum absolute atomic E-state index is 5.88. The molecule has 0 amide bonds.